The Bertz CT molecular complexity index is 1580. The molecular weight excluding hydrogens is 670 g/mol. The predicted octanol–water partition coefficient (Wildman–Crippen LogP) is 3.92. The Morgan fingerprint density at radius 2 is 1.96 bits per heavy atom. The largest absolute Gasteiger partial charge is 0.438 e. The minimum absolute atomic E-state index is 0.0364. The van der Waals surface area contributed by atoms with Crippen LogP contribution in [0.2, 0.25) is 5.15 Å². The summed E-state index contributed by atoms with van der Waals surface area (Å²) < 4.78 is 68.1. The maximum atomic E-state index is 13.4. The van der Waals surface area contributed by atoms with E-state index in [0.717, 1.165) is 32.1 Å². The third-order valence-corrected chi connectivity index (χ3v) is 12.5. The Hall–Kier alpha value is -2.35. The number of nitriles is 1. The number of sulfone groups is 1. The van der Waals surface area contributed by atoms with Crippen LogP contribution in [0, 0.1) is 11.3 Å². The minimum Gasteiger partial charge on any atom is -0.438 e. The molecule has 1 saturated heterocycles. The second-order valence-electron chi connectivity index (χ2n) is 11.6. The van der Waals surface area contributed by atoms with Gasteiger partial charge in [-0.3, -0.25) is 13.9 Å². The van der Waals surface area contributed by atoms with Gasteiger partial charge in [0.2, 0.25) is 6.79 Å². The van der Waals surface area contributed by atoms with Crippen LogP contribution in [-0.4, -0.2) is 87.6 Å². The Morgan fingerprint density at radius 1 is 1.26 bits per heavy atom. The highest BCUT2D eigenvalue weighted by molar-refractivity contribution is 7.97. The number of aliphatic hydroxyl groups is 2. The molecule has 14 nitrogen and oxygen atoms in total. The molecule has 2 fully saturated rings. The maximum absolute atomic E-state index is 13.4. The van der Waals surface area contributed by atoms with E-state index in [1.165, 1.54) is 10.8 Å². The number of hydrogen-bond donors (Lipinski definition) is 4. The number of halogens is 2. The second-order valence-corrected chi connectivity index (χ2v) is 16.4. The molecule has 1 saturated carbocycles. The van der Waals surface area contributed by atoms with Crippen molar-refractivity contribution >= 4 is 51.7 Å². The first-order valence-electron chi connectivity index (χ1n) is 15.1. The molecule has 256 valence electrons. The topological polar surface area (TPSA) is 210 Å². The summed E-state index contributed by atoms with van der Waals surface area (Å²) in [6.45, 7) is 1.19. The molecule has 1 unspecified atom stereocenters. The van der Waals surface area contributed by atoms with E-state index in [1.807, 2.05) is 6.07 Å². The van der Waals surface area contributed by atoms with Gasteiger partial charge in [-0.15, -0.1) is 0 Å². The van der Waals surface area contributed by atoms with Crippen LogP contribution in [-0.2, 0) is 33.2 Å². The summed E-state index contributed by atoms with van der Waals surface area (Å²) >= 11 is 6.27. The quantitative estimate of drug-likeness (QED) is 0.0604. The molecule has 0 amide bonds. The number of nitrogens with one attached hydrogen (secondary N) is 1. The molecule has 4 rings (SSSR count). The Labute approximate surface area is 271 Å². The summed E-state index contributed by atoms with van der Waals surface area (Å²) in [4.78, 5) is 26.2. The van der Waals surface area contributed by atoms with Crippen LogP contribution in [0.15, 0.2) is 12.3 Å². The van der Waals surface area contributed by atoms with Gasteiger partial charge in [-0.1, -0.05) is 50.6 Å². The van der Waals surface area contributed by atoms with Gasteiger partial charge in [-0.25, -0.2) is 17.8 Å². The zero-order valence-electron chi connectivity index (χ0n) is 25.3. The van der Waals surface area contributed by atoms with Crippen LogP contribution in [0.25, 0.3) is 11.0 Å². The van der Waals surface area contributed by atoms with Crippen molar-refractivity contribution in [2.75, 3.05) is 23.4 Å². The van der Waals surface area contributed by atoms with E-state index in [0.29, 0.717) is 17.5 Å². The first-order valence-corrected chi connectivity index (χ1v) is 19.1. The Kier molecular flexibility index (Phi) is 12.5. The van der Waals surface area contributed by atoms with Gasteiger partial charge in [0.25, 0.3) is 0 Å². The number of carbonyl (C=O) groups excluding carboxylic acids is 1. The number of pyridine rings is 1. The average molecular weight is 709 g/mol. The van der Waals surface area contributed by atoms with Gasteiger partial charge >= 0.3 is 13.6 Å². The molecule has 0 radical (unpaired) electrons. The lowest BCUT2D eigenvalue weighted by atomic mass is 9.90. The molecule has 18 heteroatoms. The molecule has 2 aromatic heterocycles. The van der Waals surface area contributed by atoms with Gasteiger partial charge in [-0.05, 0) is 25.3 Å². The number of unbranched alkanes of at least 4 members (excludes halogenated alkanes) is 5. The number of anilines is 1. The molecule has 0 bridgehead atoms. The summed E-state index contributed by atoms with van der Waals surface area (Å²) in [5, 5.41) is 34.4. The Morgan fingerprint density at radius 3 is 2.63 bits per heavy atom. The molecule has 46 heavy (non-hydrogen) atoms. The molecule has 1 aliphatic carbocycles. The number of alkyl halides is 1. The number of ether oxygens (including phenoxy) is 2. The number of aromatic nitrogens is 2. The van der Waals surface area contributed by atoms with E-state index in [9.17, 15) is 42.5 Å². The molecule has 2 aromatic rings. The van der Waals surface area contributed by atoms with Gasteiger partial charge in [0.15, 0.2) is 26.7 Å². The van der Waals surface area contributed by atoms with Crippen LogP contribution >= 0.6 is 19.2 Å². The highest BCUT2D eigenvalue weighted by Gasteiger charge is 2.47. The third kappa shape index (κ3) is 9.17. The number of nitrogens with zero attached hydrogens (tertiary/aromatic N) is 3. The van der Waals surface area contributed by atoms with Crippen molar-refractivity contribution in [2.24, 2.45) is 0 Å². The molecule has 0 spiro atoms. The monoisotopic (exact) mass is 708 g/mol. The van der Waals surface area contributed by atoms with Crippen molar-refractivity contribution < 1.29 is 51.3 Å². The summed E-state index contributed by atoms with van der Waals surface area (Å²) in [6, 6.07) is 3.29. The molecule has 3 heterocycles. The molecule has 4 N–H and O–H groups in total. The molecule has 0 aromatic carbocycles. The standard InChI is InChI=1S/C28H39ClFN4O10PS/c1-2-3-4-5-6-7-8-22(35)42-15-43-45(38,39)16-46(40,41)14-21-24(36)25(37)28(44-21)34-10-9-19-23(32-18-11-17(30)12-18)20(13-31)26(29)33-27(19)34/h9-10,17-18,21,24-25,28,36-37H,2-8,11-12,14-16H2,1H3,(H,32,33)(H,38,39)/t17?,18?,21-,24-,25-,28-/m1/s1. The van der Waals surface area contributed by atoms with E-state index in [1.54, 1.807) is 6.07 Å². The third-order valence-electron chi connectivity index (χ3n) is 7.96. The zero-order valence-corrected chi connectivity index (χ0v) is 27.7. The van der Waals surface area contributed by atoms with E-state index in [2.05, 4.69) is 21.7 Å². The van der Waals surface area contributed by atoms with Crippen LogP contribution in [0.1, 0.15) is 76.5 Å². The normalized spacial score (nSPS) is 25.9. The highest BCUT2D eigenvalue weighted by Crippen LogP contribution is 2.44. The van der Waals surface area contributed by atoms with Crippen molar-refractivity contribution in [1.29, 1.82) is 5.26 Å². The van der Waals surface area contributed by atoms with Gasteiger partial charge in [0.1, 0.15) is 41.8 Å². The van der Waals surface area contributed by atoms with Crippen molar-refractivity contribution in [3.63, 3.8) is 0 Å². The second kappa shape index (κ2) is 15.7. The number of hydrogen-bond acceptors (Lipinski definition) is 12. The fourth-order valence-electron chi connectivity index (χ4n) is 5.45. The zero-order chi connectivity index (χ0) is 33.6. The van der Waals surface area contributed by atoms with Crippen LogP contribution in [0.5, 0.6) is 0 Å². The SMILES string of the molecule is CCCCCCCCC(=O)OCOP(=O)(O)CS(=O)(=O)C[C@H]1O[C@@H](n2ccc3c(NC4CC(F)C4)c(C#N)c(Cl)nc32)[C@H](O)[C@@H]1O. The average Bonchev–Trinajstić information content (AvgIpc) is 3.48. The number of fused-ring (bicyclic) bond motifs is 1. The van der Waals surface area contributed by atoms with Gasteiger partial charge in [0, 0.05) is 24.0 Å². The summed E-state index contributed by atoms with van der Waals surface area (Å²) in [7, 11) is -9.21. The van der Waals surface area contributed by atoms with E-state index < -0.39 is 72.2 Å². The van der Waals surface area contributed by atoms with Crippen molar-refractivity contribution in [1.82, 2.24) is 9.55 Å². The number of aliphatic hydroxyl groups excluding tert-OH is 2. The van der Waals surface area contributed by atoms with Crippen molar-refractivity contribution in [3.8, 4) is 6.07 Å². The first-order chi connectivity index (χ1) is 21.7. The van der Waals surface area contributed by atoms with Crippen LogP contribution in [0.4, 0.5) is 10.1 Å². The lowest BCUT2D eigenvalue weighted by molar-refractivity contribution is -0.150. The van der Waals surface area contributed by atoms with E-state index >= 15 is 0 Å². The maximum Gasteiger partial charge on any atom is 0.346 e. The van der Waals surface area contributed by atoms with Crippen molar-refractivity contribution in [2.45, 2.75) is 101 Å². The lowest BCUT2D eigenvalue weighted by Gasteiger charge is -2.31. The summed E-state index contributed by atoms with van der Waals surface area (Å²) in [5.74, 6) is -1.59. The van der Waals surface area contributed by atoms with Crippen molar-refractivity contribution in [3.05, 3.63) is 23.0 Å². The number of carbonyl (C=O) groups is 1. The number of esters is 1. The first kappa shape index (κ1) is 36.5. The summed E-state index contributed by atoms with van der Waals surface area (Å²) in [6.07, 6.45) is 0.544. The summed E-state index contributed by atoms with van der Waals surface area (Å²) in [5.41, 5.74) is -0.859. The molecule has 1 aliphatic heterocycles. The molecule has 5 atom stereocenters. The van der Waals surface area contributed by atoms with Crippen LogP contribution < -0.4 is 5.32 Å². The smallest absolute Gasteiger partial charge is 0.346 e. The number of rotatable bonds is 17. The Balaban J connectivity index is 1.36. The van der Waals surface area contributed by atoms with Crippen LogP contribution in [0.3, 0.4) is 0 Å². The van der Waals surface area contributed by atoms with E-state index in [-0.39, 0.29) is 41.7 Å². The highest BCUT2D eigenvalue weighted by atomic mass is 35.5. The van der Waals surface area contributed by atoms with Gasteiger partial charge < -0.3 is 34.5 Å². The molecule has 2 aliphatic rings. The fraction of sp³-hybridized carbons (Fsp3) is 0.679. The van der Waals surface area contributed by atoms with E-state index in [4.69, 9.17) is 21.1 Å². The lowest BCUT2D eigenvalue weighted by Crippen LogP contribution is -2.36. The van der Waals surface area contributed by atoms with Gasteiger partial charge in [-0.2, -0.15) is 5.26 Å². The minimum atomic E-state index is -4.79. The van der Waals surface area contributed by atoms with Gasteiger partial charge in [0.05, 0.1) is 11.4 Å². The predicted molar refractivity (Wildman–Crippen MR) is 165 cm³/mol. The fourth-order valence-corrected chi connectivity index (χ4v) is 9.37. The molecular formula is C28H39ClFN4O10PS.